The van der Waals surface area contributed by atoms with E-state index in [4.69, 9.17) is 10.5 Å². The average Bonchev–Trinajstić information content (AvgIpc) is 2.93. The van der Waals surface area contributed by atoms with Crippen LogP contribution in [0.3, 0.4) is 0 Å². The zero-order valence-corrected chi connectivity index (χ0v) is 13.4. The van der Waals surface area contributed by atoms with Gasteiger partial charge in [-0.05, 0) is 43.9 Å². The summed E-state index contributed by atoms with van der Waals surface area (Å²) >= 11 is 0. The van der Waals surface area contributed by atoms with Gasteiger partial charge in [-0.3, -0.25) is 0 Å². The smallest absolute Gasteiger partial charge is 0.216 e. The Hall–Kier alpha value is 0.120. The molecule has 0 aromatic carbocycles. The maximum absolute atomic E-state index is 12.4. The molecule has 0 amide bonds. The van der Waals surface area contributed by atoms with Gasteiger partial charge in [-0.2, -0.15) is 0 Å². The lowest BCUT2D eigenvalue weighted by Crippen LogP contribution is -2.39. The molecule has 0 spiro atoms. The summed E-state index contributed by atoms with van der Waals surface area (Å²) in [5.74, 6) is 1.01. The van der Waals surface area contributed by atoms with Crippen LogP contribution >= 0.6 is 12.4 Å². The Morgan fingerprint density at radius 2 is 1.95 bits per heavy atom. The van der Waals surface area contributed by atoms with Gasteiger partial charge in [0.1, 0.15) is 0 Å². The first-order valence-corrected chi connectivity index (χ1v) is 9.02. The van der Waals surface area contributed by atoms with Crippen LogP contribution in [0.5, 0.6) is 0 Å². The lowest BCUT2D eigenvalue weighted by molar-refractivity contribution is 0.0299. The second-order valence-electron chi connectivity index (χ2n) is 6.25. The molecule has 4 atom stereocenters. The Kier molecular flexibility index (Phi) is 5.34. The van der Waals surface area contributed by atoms with Crippen molar-refractivity contribution in [2.45, 2.75) is 44.2 Å². The lowest BCUT2D eigenvalue weighted by atomic mass is 9.98. The van der Waals surface area contributed by atoms with Gasteiger partial charge in [0.25, 0.3) is 0 Å². The van der Waals surface area contributed by atoms with E-state index in [-0.39, 0.29) is 30.3 Å². The summed E-state index contributed by atoms with van der Waals surface area (Å²) in [5, 5.41) is 0. The van der Waals surface area contributed by atoms with E-state index < -0.39 is 10.0 Å². The highest BCUT2D eigenvalue weighted by atomic mass is 35.5. The maximum Gasteiger partial charge on any atom is 0.216 e. The standard InChI is InChI=1S/C13H24N2O3S.ClH/c14-13-5-4-10-7-15(8-12(10)13)19(16,17)9-11-3-1-2-6-18-11;/h10-13H,1-9,14H2;1H. The summed E-state index contributed by atoms with van der Waals surface area (Å²) in [5.41, 5.74) is 6.06. The predicted octanol–water partition coefficient (Wildman–Crippen LogP) is 0.976. The molecular formula is C13H25ClN2O3S. The number of nitrogens with two attached hydrogens (primary N) is 1. The fourth-order valence-electron chi connectivity index (χ4n) is 3.77. The van der Waals surface area contributed by atoms with E-state index in [1.807, 2.05) is 0 Å². The van der Waals surface area contributed by atoms with Crippen molar-refractivity contribution in [2.24, 2.45) is 17.6 Å². The SMILES string of the molecule is Cl.NC1CCC2CN(S(=O)(=O)CC3CCCCO3)CC12. The summed E-state index contributed by atoms with van der Waals surface area (Å²) in [6, 6.07) is 0.191. The molecule has 3 rings (SSSR count). The van der Waals surface area contributed by atoms with Crippen LogP contribution in [0.2, 0.25) is 0 Å². The van der Waals surface area contributed by atoms with Crippen molar-refractivity contribution in [3.8, 4) is 0 Å². The van der Waals surface area contributed by atoms with E-state index in [1.54, 1.807) is 4.31 Å². The van der Waals surface area contributed by atoms with E-state index in [2.05, 4.69) is 0 Å². The number of hydrogen-bond donors (Lipinski definition) is 1. The van der Waals surface area contributed by atoms with Gasteiger partial charge in [-0.15, -0.1) is 12.4 Å². The van der Waals surface area contributed by atoms with Crippen molar-refractivity contribution in [2.75, 3.05) is 25.4 Å². The van der Waals surface area contributed by atoms with Crippen LogP contribution in [0.15, 0.2) is 0 Å². The first-order valence-electron chi connectivity index (χ1n) is 7.41. The minimum absolute atomic E-state index is 0. The van der Waals surface area contributed by atoms with E-state index in [0.717, 1.165) is 32.1 Å². The first kappa shape index (κ1) is 16.5. The molecule has 2 N–H and O–H groups in total. The molecule has 1 saturated carbocycles. The summed E-state index contributed by atoms with van der Waals surface area (Å²) in [4.78, 5) is 0. The molecule has 0 bridgehead atoms. The second kappa shape index (κ2) is 6.48. The van der Waals surface area contributed by atoms with Gasteiger partial charge in [0.15, 0.2) is 0 Å². The highest BCUT2D eigenvalue weighted by molar-refractivity contribution is 7.89. The van der Waals surface area contributed by atoms with Crippen LogP contribution in [0, 0.1) is 11.8 Å². The Bertz CT molecular complexity index is 425. The summed E-state index contributed by atoms with van der Waals surface area (Å²) in [6.07, 6.45) is 5.04. The van der Waals surface area contributed by atoms with Crippen LogP contribution in [-0.4, -0.2) is 50.3 Å². The number of ether oxygens (including phenoxy) is 1. The molecule has 118 valence electrons. The highest BCUT2D eigenvalue weighted by Gasteiger charge is 2.45. The van der Waals surface area contributed by atoms with E-state index in [1.165, 1.54) is 0 Å². The molecule has 3 fully saturated rings. The summed E-state index contributed by atoms with van der Waals surface area (Å²) in [7, 11) is -3.17. The van der Waals surface area contributed by atoms with Gasteiger partial charge >= 0.3 is 0 Å². The van der Waals surface area contributed by atoms with Crippen molar-refractivity contribution >= 4 is 22.4 Å². The van der Waals surface area contributed by atoms with Crippen molar-refractivity contribution in [3.05, 3.63) is 0 Å². The second-order valence-corrected chi connectivity index (χ2v) is 8.26. The molecule has 1 aliphatic carbocycles. The predicted molar refractivity (Wildman–Crippen MR) is 80.4 cm³/mol. The maximum atomic E-state index is 12.4. The zero-order valence-electron chi connectivity index (χ0n) is 11.7. The molecule has 7 heteroatoms. The molecule has 0 aromatic heterocycles. The number of nitrogens with zero attached hydrogens (tertiary/aromatic N) is 1. The van der Waals surface area contributed by atoms with Crippen molar-refractivity contribution < 1.29 is 13.2 Å². The zero-order chi connectivity index (χ0) is 13.5. The summed E-state index contributed by atoms with van der Waals surface area (Å²) in [6.45, 7) is 2.00. The van der Waals surface area contributed by atoms with Crippen LogP contribution < -0.4 is 5.73 Å². The molecule has 3 aliphatic rings. The average molecular weight is 325 g/mol. The normalized spacial score (nSPS) is 38.5. The molecule has 2 heterocycles. The third-order valence-electron chi connectivity index (χ3n) is 4.94. The molecule has 0 radical (unpaired) electrons. The van der Waals surface area contributed by atoms with Gasteiger partial charge in [-0.25, -0.2) is 12.7 Å². The van der Waals surface area contributed by atoms with Crippen molar-refractivity contribution in [1.82, 2.24) is 4.31 Å². The van der Waals surface area contributed by atoms with Crippen LogP contribution in [0.25, 0.3) is 0 Å². The Balaban J connectivity index is 0.00000147. The van der Waals surface area contributed by atoms with Crippen LogP contribution in [0.4, 0.5) is 0 Å². The van der Waals surface area contributed by atoms with Gasteiger partial charge in [-0.1, -0.05) is 0 Å². The molecule has 2 saturated heterocycles. The van der Waals surface area contributed by atoms with Crippen molar-refractivity contribution in [1.29, 1.82) is 0 Å². The third-order valence-corrected chi connectivity index (χ3v) is 6.82. The largest absolute Gasteiger partial charge is 0.377 e. The fraction of sp³-hybridized carbons (Fsp3) is 1.00. The van der Waals surface area contributed by atoms with Crippen LogP contribution in [0.1, 0.15) is 32.1 Å². The van der Waals surface area contributed by atoms with Gasteiger partial charge in [0.05, 0.1) is 11.9 Å². The number of rotatable bonds is 3. The van der Waals surface area contributed by atoms with Crippen LogP contribution in [-0.2, 0) is 14.8 Å². The number of fused-ring (bicyclic) bond motifs is 1. The quantitative estimate of drug-likeness (QED) is 0.840. The Morgan fingerprint density at radius 3 is 2.60 bits per heavy atom. The van der Waals surface area contributed by atoms with E-state index >= 15 is 0 Å². The molecule has 5 nitrogen and oxygen atoms in total. The van der Waals surface area contributed by atoms with E-state index in [0.29, 0.717) is 31.5 Å². The highest BCUT2D eigenvalue weighted by Crippen LogP contribution is 2.38. The monoisotopic (exact) mass is 324 g/mol. The van der Waals surface area contributed by atoms with Gasteiger partial charge in [0.2, 0.25) is 10.0 Å². The van der Waals surface area contributed by atoms with E-state index in [9.17, 15) is 8.42 Å². The van der Waals surface area contributed by atoms with Gasteiger partial charge < -0.3 is 10.5 Å². The minimum Gasteiger partial charge on any atom is -0.377 e. The first-order chi connectivity index (χ1) is 9.06. The number of hydrogen-bond acceptors (Lipinski definition) is 4. The number of halogens is 1. The Labute approximate surface area is 127 Å². The number of sulfonamides is 1. The Morgan fingerprint density at radius 1 is 1.15 bits per heavy atom. The summed E-state index contributed by atoms with van der Waals surface area (Å²) < 4.78 is 32.1. The molecule has 0 aromatic rings. The van der Waals surface area contributed by atoms with Gasteiger partial charge in [0, 0.05) is 25.7 Å². The molecule has 4 unspecified atom stereocenters. The lowest BCUT2D eigenvalue weighted by Gasteiger charge is -2.25. The van der Waals surface area contributed by atoms with Crippen molar-refractivity contribution in [3.63, 3.8) is 0 Å². The molecule has 2 aliphatic heterocycles. The molecule has 20 heavy (non-hydrogen) atoms. The third kappa shape index (κ3) is 3.30. The topological polar surface area (TPSA) is 72.6 Å². The fourth-order valence-corrected chi connectivity index (χ4v) is 5.53. The molecular weight excluding hydrogens is 300 g/mol. The minimum atomic E-state index is -3.17.